The van der Waals surface area contributed by atoms with Crippen molar-refractivity contribution in [1.82, 2.24) is 9.88 Å². The highest BCUT2D eigenvalue weighted by Gasteiger charge is 2.27. The van der Waals surface area contributed by atoms with Gasteiger partial charge in [0.2, 0.25) is 0 Å². The number of aliphatic hydroxyl groups is 1. The summed E-state index contributed by atoms with van der Waals surface area (Å²) >= 11 is 6.12. The first-order chi connectivity index (χ1) is 10.6. The van der Waals surface area contributed by atoms with E-state index in [2.05, 4.69) is 9.88 Å². The van der Waals surface area contributed by atoms with Crippen molar-refractivity contribution in [2.75, 3.05) is 13.1 Å². The summed E-state index contributed by atoms with van der Waals surface area (Å²) in [7, 11) is 0. The van der Waals surface area contributed by atoms with Gasteiger partial charge in [-0.05, 0) is 49.4 Å². The Balaban J connectivity index is 2.06. The summed E-state index contributed by atoms with van der Waals surface area (Å²) in [6, 6.07) is 10.4. The van der Waals surface area contributed by atoms with E-state index in [1.165, 1.54) is 12.1 Å². The number of aliphatic hydroxyl groups excluding tert-OH is 1. The van der Waals surface area contributed by atoms with Gasteiger partial charge in [-0.2, -0.15) is 0 Å². The molecule has 2 N–H and O–H groups in total. The van der Waals surface area contributed by atoms with Crippen LogP contribution in [0.15, 0.2) is 36.4 Å². The van der Waals surface area contributed by atoms with Crippen LogP contribution in [0.1, 0.15) is 12.5 Å². The van der Waals surface area contributed by atoms with Gasteiger partial charge in [0.25, 0.3) is 0 Å². The number of piperidine rings is 1. The van der Waals surface area contributed by atoms with Crippen molar-refractivity contribution >= 4 is 33.4 Å². The van der Waals surface area contributed by atoms with E-state index in [4.69, 9.17) is 11.6 Å². The maximum atomic E-state index is 13.7. The lowest BCUT2D eigenvalue weighted by molar-refractivity contribution is 0.0913. The Kier molecular flexibility index (Phi) is 3.33. The molecule has 2 atom stereocenters. The lowest BCUT2D eigenvalue weighted by Gasteiger charge is -2.31. The van der Waals surface area contributed by atoms with Crippen LogP contribution in [0.5, 0.6) is 0 Å². The van der Waals surface area contributed by atoms with Gasteiger partial charge in [0, 0.05) is 33.4 Å². The lowest BCUT2D eigenvalue weighted by Crippen LogP contribution is -2.41. The molecule has 1 aromatic heterocycles. The molecular weight excluding hydrogens is 303 g/mol. The van der Waals surface area contributed by atoms with Gasteiger partial charge in [-0.1, -0.05) is 11.6 Å². The number of nitrogens with zero attached hydrogens (tertiary/aromatic N) is 1. The minimum absolute atomic E-state index is 0.0205. The summed E-state index contributed by atoms with van der Waals surface area (Å²) in [6.07, 6.45) is 0.369. The van der Waals surface area contributed by atoms with Gasteiger partial charge in [0.1, 0.15) is 5.82 Å². The molecule has 0 amide bonds. The predicted molar refractivity (Wildman–Crippen MR) is 86.9 cm³/mol. The third-order valence-electron chi connectivity index (χ3n) is 4.47. The molecule has 22 heavy (non-hydrogen) atoms. The molecule has 0 aliphatic carbocycles. The molecule has 2 heterocycles. The summed E-state index contributed by atoms with van der Waals surface area (Å²) in [4.78, 5) is 0. The Hall–Kier alpha value is -1.62. The van der Waals surface area contributed by atoms with Gasteiger partial charge in [0.05, 0.1) is 12.1 Å². The molecule has 2 aromatic carbocycles. The van der Waals surface area contributed by atoms with E-state index >= 15 is 0 Å². The molecule has 0 unspecified atom stereocenters. The molecule has 5 heteroatoms. The van der Waals surface area contributed by atoms with Crippen LogP contribution in [0, 0.1) is 5.82 Å². The van der Waals surface area contributed by atoms with Crippen molar-refractivity contribution in [3.8, 4) is 0 Å². The first-order valence-corrected chi connectivity index (χ1v) is 7.80. The maximum Gasteiger partial charge on any atom is 0.123 e. The Morgan fingerprint density at radius 1 is 1.14 bits per heavy atom. The largest absolute Gasteiger partial charge is 0.390 e. The van der Waals surface area contributed by atoms with Crippen LogP contribution in [0.2, 0.25) is 5.02 Å². The first-order valence-electron chi connectivity index (χ1n) is 7.42. The van der Waals surface area contributed by atoms with Gasteiger partial charge in [-0.15, -0.1) is 0 Å². The standard InChI is InChI=1S/C17H16ClFN2O/c18-10-1-3-14-12(7-10)13-8-11(19)2-4-15(13)21(14)16-5-6-20-9-17(16)22/h1-4,7-8,16-17,20,22H,5-6,9H2/t16-,17-/m0/s1. The van der Waals surface area contributed by atoms with Crippen molar-refractivity contribution in [2.24, 2.45) is 0 Å². The molecule has 4 rings (SSSR count). The number of rotatable bonds is 1. The second kappa shape index (κ2) is 5.23. The summed E-state index contributed by atoms with van der Waals surface area (Å²) in [5.74, 6) is -0.266. The van der Waals surface area contributed by atoms with Crippen LogP contribution < -0.4 is 5.32 Å². The van der Waals surface area contributed by atoms with Crippen LogP contribution in [0.3, 0.4) is 0 Å². The highest BCUT2D eigenvalue weighted by atomic mass is 35.5. The SMILES string of the molecule is O[C@H]1CNCC[C@@H]1n1c2ccc(F)cc2c2cc(Cl)ccc21. The van der Waals surface area contributed by atoms with Gasteiger partial charge in [-0.3, -0.25) is 0 Å². The van der Waals surface area contributed by atoms with Crippen LogP contribution in [0.4, 0.5) is 4.39 Å². The fraction of sp³-hybridized carbons (Fsp3) is 0.294. The summed E-state index contributed by atoms with van der Waals surface area (Å²) in [5.41, 5.74) is 1.92. The number of aromatic nitrogens is 1. The van der Waals surface area contributed by atoms with E-state index in [1.807, 2.05) is 18.2 Å². The molecule has 0 bridgehead atoms. The molecule has 3 aromatic rings. The second-order valence-corrected chi connectivity index (χ2v) is 6.26. The molecule has 1 aliphatic rings. The topological polar surface area (TPSA) is 37.2 Å². The lowest BCUT2D eigenvalue weighted by atomic mass is 10.0. The third-order valence-corrected chi connectivity index (χ3v) is 4.71. The molecular formula is C17H16ClFN2O. The smallest absolute Gasteiger partial charge is 0.123 e. The quantitative estimate of drug-likeness (QED) is 0.721. The van der Waals surface area contributed by atoms with Crippen LogP contribution in [-0.2, 0) is 0 Å². The Morgan fingerprint density at radius 3 is 2.64 bits per heavy atom. The highest BCUT2D eigenvalue weighted by molar-refractivity contribution is 6.31. The molecule has 3 nitrogen and oxygen atoms in total. The van der Waals surface area contributed by atoms with Gasteiger partial charge in [0.15, 0.2) is 0 Å². The van der Waals surface area contributed by atoms with Crippen LogP contribution in [0.25, 0.3) is 21.8 Å². The summed E-state index contributed by atoms with van der Waals surface area (Å²) < 4.78 is 15.8. The highest BCUT2D eigenvalue weighted by Crippen LogP contribution is 2.36. The number of nitrogens with one attached hydrogen (secondary N) is 1. The Labute approximate surface area is 132 Å². The fourth-order valence-electron chi connectivity index (χ4n) is 3.48. The molecule has 1 aliphatic heterocycles. The van der Waals surface area contributed by atoms with E-state index in [0.29, 0.717) is 11.6 Å². The van der Waals surface area contributed by atoms with E-state index in [1.54, 1.807) is 6.07 Å². The van der Waals surface area contributed by atoms with Crippen molar-refractivity contribution in [3.05, 3.63) is 47.2 Å². The van der Waals surface area contributed by atoms with Crippen molar-refractivity contribution in [1.29, 1.82) is 0 Å². The normalized spacial score (nSPS) is 22.5. The zero-order valence-electron chi connectivity index (χ0n) is 11.9. The maximum absolute atomic E-state index is 13.7. The van der Waals surface area contributed by atoms with Gasteiger partial charge >= 0.3 is 0 Å². The van der Waals surface area contributed by atoms with Crippen molar-refractivity contribution < 1.29 is 9.50 Å². The minimum atomic E-state index is -0.465. The zero-order chi connectivity index (χ0) is 15.3. The van der Waals surface area contributed by atoms with Crippen molar-refractivity contribution in [3.63, 3.8) is 0 Å². The molecule has 1 saturated heterocycles. The van der Waals surface area contributed by atoms with Gasteiger partial charge in [-0.25, -0.2) is 4.39 Å². The number of halogens is 2. The number of hydrogen-bond donors (Lipinski definition) is 2. The number of hydrogen-bond acceptors (Lipinski definition) is 2. The number of benzene rings is 2. The molecule has 0 saturated carbocycles. The Morgan fingerprint density at radius 2 is 1.86 bits per heavy atom. The van der Waals surface area contributed by atoms with E-state index in [-0.39, 0.29) is 11.9 Å². The zero-order valence-corrected chi connectivity index (χ0v) is 12.6. The minimum Gasteiger partial charge on any atom is -0.390 e. The summed E-state index contributed by atoms with van der Waals surface area (Å²) in [6.45, 7) is 1.43. The number of fused-ring (bicyclic) bond motifs is 3. The van der Waals surface area contributed by atoms with Gasteiger partial charge < -0.3 is 15.0 Å². The Bertz CT molecular complexity index is 801. The van der Waals surface area contributed by atoms with E-state index in [9.17, 15) is 9.50 Å². The first kappa shape index (κ1) is 14.0. The monoisotopic (exact) mass is 318 g/mol. The summed E-state index contributed by atoms with van der Waals surface area (Å²) in [5, 5.41) is 16.0. The predicted octanol–water partition coefficient (Wildman–Crippen LogP) is 3.48. The molecule has 0 spiro atoms. The average molecular weight is 319 g/mol. The van der Waals surface area contributed by atoms with E-state index in [0.717, 1.165) is 34.8 Å². The molecule has 114 valence electrons. The average Bonchev–Trinajstić information content (AvgIpc) is 2.81. The second-order valence-electron chi connectivity index (χ2n) is 5.82. The molecule has 1 fully saturated rings. The van der Waals surface area contributed by atoms with Crippen LogP contribution >= 0.6 is 11.6 Å². The fourth-order valence-corrected chi connectivity index (χ4v) is 3.66. The van der Waals surface area contributed by atoms with Crippen LogP contribution in [-0.4, -0.2) is 28.9 Å². The third kappa shape index (κ3) is 2.10. The van der Waals surface area contributed by atoms with Crippen molar-refractivity contribution in [2.45, 2.75) is 18.6 Å². The number of β-amino-alcohol motifs (C(OH)–C–C–N with tert-alkyl or cyclic N) is 1. The molecule has 0 radical (unpaired) electrons. The van der Waals surface area contributed by atoms with E-state index < -0.39 is 6.10 Å².